The molecule has 1 aromatic carbocycles. The SMILES string of the molecule is CC(C)(C)OC(=O)N1CC(N)CC1C(=O)OCc1ccccc1.CCCCB1OC(C)(C)C(C)(C)O1. The van der Waals surface area contributed by atoms with Crippen molar-refractivity contribution in [3.63, 3.8) is 0 Å². The van der Waals surface area contributed by atoms with Crippen molar-refractivity contribution in [1.82, 2.24) is 4.90 Å². The molecule has 8 nitrogen and oxygen atoms in total. The normalized spacial score (nSPS) is 22.6. The fourth-order valence-electron chi connectivity index (χ4n) is 3.89. The molecule has 0 bridgehead atoms. The van der Waals surface area contributed by atoms with Crippen LogP contribution in [0.5, 0.6) is 0 Å². The van der Waals surface area contributed by atoms with Gasteiger partial charge in [0.15, 0.2) is 0 Å². The van der Waals surface area contributed by atoms with Crippen molar-refractivity contribution < 1.29 is 28.4 Å². The second-order valence-corrected chi connectivity index (χ2v) is 11.6. The van der Waals surface area contributed by atoms with Gasteiger partial charge in [-0.1, -0.05) is 50.1 Å². The van der Waals surface area contributed by atoms with E-state index >= 15 is 0 Å². The molecule has 2 fully saturated rings. The molecule has 2 unspecified atom stereocenters. The Hall–Kier alpha value is -2.10. The molecule has 0 spiro atoms. The van der Waals surface area contributed by atoms with E-state index in [0.717, 1.165) is 11.9 Å². The molecule has 3 rings (SSSR count). The molecule has 0 aromatic heterocycles. The van der Waals surface area contributed by atoms with Crippen molar-refractivity contribution in [2.24, 2.45) is 5.73 Å². The minimum Gasteiger partial charge on any atom is -0.459 e. The summed E-state index contributed by atoms with van der Waals surface area (Å²) in [5.74, 6) is -0.451. The zero-order valence-electron chi connectivity index (χ0n) is 23.3. The summed E-state index contributed by atoms with van der Waals surface area (Å²) in [6.45, 7) is 16.4. The van der Waals surface area contributed by atoms with Crippen LogP contribution in [0.4, 0.5) is 4.79 Å². The Kier molecular flexibility index (Phi) is 10.4. The van der Waals surface area contributed by atoms with Crippen LogP contribution in [0.15, 0.2) is 30.3 Å². The number of amides is 1. The third-order valence-electron chi connectivity index (χ3n) is 6.55. The smallest absolute Gasteiger partial charge is 0.457 e. The highest BCUT2D eigenvalue weighted by molar-refractivity contribution is 6.45. The largest absolute Gasteiger partial charge is 0.459 e. The van der Waals surface area contributed by atoms with Crippen molar-refractivity contribution in [2.45, 2.75) is 116 Å². The monoisotopic (exact) mass is 504 g/mol. The van der Waals surface area contributed by atoms with Gasteiger partial charge in [-0.25, -0.2) is 9.59 Å². The molecule has 2 aliphatic rings. The average Bonchev–Trinajstić information content (AvgIpc) is 3.26. The van der Waals surface area contributed by atoms with Crippen molar-refractivity contribution >= 4 is 19.2 Å². The van der Waals surface area contributed by atoms with Crippen LogP contribution in [0.3, 0.4) is 0 Å². The van der Waals surface area contributed by atoms with Gasteiger partial charge in [0.1, 0.15) is 18.2 Å². The number of nitrogens with zero attached hydrogens (tertiary/aromatic N) is 1. The van der Waals surface area contributed by atoms with Crippen LogP contribution < -0.4 is 5.73 Å². The minimum atomic E-state index is -0.691. The van der Waals surface area contributed by atoms with Gasteiger partial charge < -0.3 is 24.5 Å². The van der Waals surface area contributed by atoms with E-state index in [1.54, 1.807) is 20.8 Å². The highest BCUT2D eigenvalue weighted by atomic mass is 16.7. The molecular formula is C27H45BN2O6. The van der Waals surface area contributed by atoms with Gasteiger partial charge in [0.05, 0.1) is 11.2 Å². The highest BCUT2D eigenvalue weighted by Crippen LogP contribution is 2.38. The number of benzene rings is 1. The number of hydrogen-bond acceptors (Lipinski definition) is 7. The summed E-state index contributed by atoms with van der Waals surface area (Å²) in [7, 11) is 0.00458. The lowest BCUT2D eigenvalue weighted by Crippen LogP contribution is -2.44. The number of hydrogen-bond donors (Lipinski definition) is 1. The number of unbranched alkanes of at least 4 members (excludes halogenated alkanes) is 1. The van der Waals surface area contributed by atoms with E-state index in [2.05, 4.69) is 34.6 Å². The number of nitrogens with two attached hydrogens (primary N) is 1. The lowest BCUT2D eigenvalue weighted by atomic mass is 9.82. The zero-order valence-corrected chi connectivity index (χ0v) is 23.3. The molecule has 0 saturated carbocycles. The first-order valence-electron chi connectivity index (χ1n) is 13.0. The van der Waals surface area contributed by atoms with Gasteiger partial charge in [0.2, 0.25) is 0 Å². The fraction of sp³-hybridized carbons (Fsp3) is 0.704. The number of ether oxygens (including phenoxy) is 2. The third kappa shape index (κ3) is 8.78. The van der Waals surface area contributed by atoms with Crippen LogP contribution >= 0.6 is 0 Å². The zero-order chi connectivity index (χ0) is 27.1. The first-order valence-corrected chi connectivity index (χ1v) is 13.0. The summed E-state index contributed by atoms with van der Waals surface area (Å²) in [4.78, 5) is 25.9. The fourth-order valence-corrected chi connectivity index (χ4v) is 3.89. The Labute approximate surface area is 217 Å². The van der Waals surface area contributed by atoms with E-state index in [0.29, 0.717) is 13.0 Å². The number of rotatable bonds is 6. The Morgan fingerprint density at radius 2 is 1.69 bits per heavy atom. The quantitative estimate of drug-likeness (QED) is 0.432. The van der Waals surface area contributed by atoms with Crippen LogP contribution in [0, 0.1) is 0 Å². The van der Waals surface area contributed by atoms with E-state index in [9.17, 15) is 9.59 Å². The van der Waals surface area contributed by atoms with Gasteiger partial charge in [-0.2, -0.15) is 0 Å². The minimum absolute atomic E-state index is 0.00458. The topological polar surface area (TPSA) is 100 Å². The van der Waals surface area contributed by atoms with Gasteiger partial charge in [-0.3, -0.25) is 4.90 Å². The van der Waals surface area contributed by atoms with Crippen LogP contribution in [0.1, 0.15) is 80.2 Å². The molecule has 9 heteroatoms. The average molecular weight is 504 g/mol. The summed E-state index contributed by atoms with van der Waals surface area (Å²) in [5.41, 5.74) is 5.85. The lowest BCUT2D eigenvalue weighted by Gasteiger charge is -2.32. The molecule has 0 radical (unpaired) electrons. The van der Waals surface area contributed by atoms with E-state index in [1.807, 2.05) is 30.3 Å². The van der Waals surface area contributed by atoms with Crippen molar-refractivity contribution in [2.75, 3.05) is 6.54 Å². The van der Waals surface area contributed by atoms with E-state index in [4.69, 9.17) is 24.5 Å². The molecular weight excluding hydrogens is 459 g/mol. The molecule has 1 aromatic rings. The van der Waals surface area contributed by atoms with Crippen molar-refractivity contribution in [3.8, 4) is 0 Å². The highest BCUT2D eigenvalue weighted by Gasteiger charge is 2.50. The predicted molar refractivity (Wildman–Crippen MR) is 141 cm³/mol. The maximum absolute atomic E-state index is 12.3. The maximum atomic E-state index is 12.3. The third-order valence-corrected chi connectivity index (χ3v) is 6.55. The summed E-state index contributed by atoms with van der Waals surface area (Å²) >= 11 is 0. The van der Waals surface area contributed by atoms with E-state index < -0.39 is 23.7 Å². The molecule has 36 heavy (non-hydrogen) atoms. The summed E-state index contributed by atoms with van der Waals surface area (Å²) in [6, 6.07) is 8.45. The van der Waals surface area contributed by atoms with E-state index in [-0.39, 0.29) is 31.0 Å². The maximum Gasteiger partial charge on any atom is 0.457 e. The molecule has 0 aliphatic carbocycles. The van der Waals surface area contributed by atoms with Gasteiger partial charge in [0, 0.05) is 12.6 Å². The van der Waals surface area contributed by atoms with E-state index in [1.165, 1.54) is 17.7 Å². The number of carbonyl (C=O) groups is 2. The second kappa shape index (κ2) is 12.4. The van der Waals surface area contributed by atoms with Crippen molar-refractivity contribution in [1.29, 1.82) is 0 Å². The molecule has 1 amide bonds. The Bertz CT molecular complexity index is 840. The molecule has 2 aliphatic heterocycles. The van der Waals surface area contributed by atoms with Gasteiger partial charge >= 0.3 is 19.2 Å². The van der Waals surface area contributed by atoms with Crippen LogP contribution in [-0.2, 0) is 30.2 Å². The van der Waals surface area contributed by atoms with Gasteiger partial charge in [-0.05, 0) is 66.8 Å². The summed E-state index contributed by atoms with van der Waals surface area (Å²) in [6.07, 6.45) is 3.24. The second-order valence-electron chi connectivity index (χ2n) is 11.6. The van der Waals surface area contributed by atoms with Crippen molar-refractivity contribution in [3.05, 3.63) is 35.9 Å². The summed E-state index contributed by atoms with van der Waals surface area (Å²) in [5, 5.41) is 0. The summed E-state index contributed by atoms with van der Waals surface area (Å²) < 4.78 is 22.4. The number of likely N-dealkylation sites (tertiary alicyclic amines) is 1. The van der Waals surface area contributed by atoms with Crippen LogP contribution in [0.2, 0.25) is 6.32 Å². The van der Waals surface area contributed by atoms with Crippen LogP contribution in [0.25, 0.3) is 0 Å². The van der Waals surface area contributed by atoms with Gasteiger partial charge in [0.25, 0.3) is 0 Å². The van der Waals surface area contributed by atoms with Gasteiger partial charge in [-0.15, -0.1) is 0 Å². The lowest BCUT2D eigenvalue weighted by molar-refractivity contribution is -0.150. The first-order chi connectivity index (χ1) is 16.6. The Morgan fingerprint density at radius 3 is 2.22 bits per heavy atom. The standard InChI is InChI=1S/C17H24N2O4.C10H21BO2/c1-17(2,3)23-16(21)19-10-13(18)9-14(19)15(20)22-11-12-7-5-4-6-8-12;1-6-7-8-11-12-9(2,3)10(4,5)13-11/h4-8,13-14H,9-11,18H2,1-3H3;6-8H2,1-5H3. The molecule has 2 atom stereocenters. The Morgan fingerprint density at radius 1 is 1.11 bits per heavy atom. The molecule has 2 heterocycles. The molecule has 2 N–H and O–H groups in total. The predicted octanol–water partition coefficient (Wildman–Crippen LogP) is 4.95. The van der Waals surface area contributed by atoms with Crippen LogP contribution in [-0.4, -0.2) is 59.5 Å². The number of esters is 1. The first kappa shape index (κ1) is 30.1. The Balaban J connectivity index is 0.000000297. The molecule has 202 valence electrons. The molecule has 2 saturated heterocycles. The number of carbonyl (C=O) groups excluding carboxylic acids is 2.